The average molecular weight is 372 g/mol. The number of benzene rings is 2. The van der Waals surface area contributed by atoms with Gasteiger partial charge in [0.1, 0.15) is 11.4 Å². The Balaban J connectivity index is 1.71. The Bertz CT molecular complexity index is 770. The maximum absolute atomic E-state index is 12.6. The summed E-state index contributed by atoms with van der Waals surface area (Å²) >= 11 is 6.19. The Hall–Kier alpha value is -2.00. The maximum Gasteiger partial charge on any atom is 0.220 e. The molecule has 26 heavy (non-hydrogen) atoms. The quantitative estimate of drug-likeness (QED) is 0.731. The molecule has 0 unspecified atom stereocenters. The predicted octanol–water partition coefficient (Wildman–Crippen LogP) is 5.47. The highest BCUT2D eigenvalue weighted by atomic mass is 35.5. The number of halogens is 1. The second-order valence-corrected chi connectivity index (χ2v) is 7.35. The van der Waals surface area contributed by atoms with Crippen molar-refractivity contribution in [1.82, 2.24) is 5.32 Å². The highest BCUT2D eigenvalue weighted by Crippen LogP contribution is 2.42. The average Bonchev–Trinajstić information content (AvgIpc) is 2.67. The predicted molar refractivity (Wildman–Crippen MR) is 106 cm³/mol. The van der Waals surface area contributed by atoms with Crippen molar-refractivity contribution >= 4 is 17.5 Å². The lowest BCUT2D eigenvalue weighted by atomic mass is 9.83. The second-order valence-electron chi connectivity index (χ2n) is 6.95. The Labute approximate surface area is 160 Å². The summed E-state index contributed by atoms with van der Waals surface area (Å²) in [5.41, 5.74) is 1.86. The van der Waals surface area contributed by atoms with Gasteiger partial charge in [-0.3, -0.25) is 4.79 Å². The maximum atomic E-state index is 12.6. The third kappa shape index (κ3) is 4.04. The molecule has 0 aromatic heterocycles. The molecule has 0 aliphatic carbocycles. The summed E-state index contributed by atoms with van der Waals surface area (Å²) in [5, 5.41) is 3.94. The summed E-state index contributed by atoms with van der Waals surface area (Å²) in [7, 11) is 0. The van der Waals surface area contributed by atoms with Gasteiger partial charge >= 0.3 is 0 Å². The standard InChI is InChI=1S/C22H26ClNO2/c1-3-22(4-2)15-19(17-10-6-8-12-20(17)26-22)24-21(25)14-13-16-9-5-7-11-18(16)23/h5-12,19H,3-4,13-15H2,1-2H3,(H,24,25)/t19-/m0/s1. The van der Waals surface area contributed by atoms with Crippen LogP contribution < -0.4 is 10.1 Å². The lowest BCUT2D eigenvalue weighted by Gasteiger charge is -2.41. The molecular weight excluding hydrogens is 346 g/mol. The molecular formula is C22H26ClNO2. The largest absolute Gasteiger partial charge is 0.487 e. The number of carbonyl (C=O) groups is 1. The van der Waals surface area contributed by atoms with Crippen molar-refractivity contribution in [3.05, 3.63) is 64.7 Å². The molecule has 1 amide bonds. The number of hydrogen-bond acceptors (Lipinski definition) is 2. The monoisotopic (exact) mass is 371 g/mol. The molecule has 1 atom stereocenters. The number of hydrogen-bond donors (Lipinski definition) is 1. The molecule has 138 valence electrons. The van der Waals surface area contributed by atoms with E-state index in [1.807, 2.05) is 48.5 Å². The number of rotatable bonds is 6. The van der Waals surface area contributed by atoms with Crippen molar-refractivity contribution in [2.45, 2.75) is 57.6 Å². The van der Waals surface area contributed by atoms with Crippen LogP contribution in [0.3, 0.4) is 0 Å². The number of fused-ring (bicyclic) bond motifs is 1. The van der Waals surface area contributed by atoms with Crippen LogP contribution >= 0.6 is 11.6 Å². The highest BCUT2D eigenvalue weighted by Gasteiger charge is 2.38. The second kappa shape index (κ2) is 8.13. The molecule has 3 rings (SSSR count). The summed E-state index contributed by atoms with van der Waals surface area (Å²) in [4.78, 5) is 12.6. The van der Waals surface area contributed by atoms with Gasteiger partial charge in [-0.05, 0) is 37.0 Å². The molecule has 0 fully saturated rings. The molecule has 2 aromatic rings. The van der Waals surface area contributed by atoms with E-state index in [9.17, 15) is 4.79 Å². The number of para-hydroxylation sites is 1. The van der Waals surface area contributed by atoms with Crippen molar-refractivity contribution in [3.8, 4) is 5.75 Å². The minimum atomic E-state index is -0.213. The van der Waals surface area contributed by atoms with Gasteiger partial charge in [-0.2, -0.15) is 0 Å². The van der Waals surface area contributed by atoms with Crippen LogP contribution in [0.1, 0.15) is 56.7 Å². The van der Waals surface area contributed by atoms with E-state index in [2.05, 4.69) is 19.2 Å². The van der Waals surface area contributed by atoms with E-state index in [4.69, 9.17) is 16.3 Å². The Kier molecular flexibility index (Phi) is 5.87. The number of amides is 1. The van der Waals surface area contributed by atoms with E-state index < -0.39 is 0 Å². The van der Waals surface area contributed by atoms with Crippen LogP contribution in [0.4, 0.5) is 0 Å². The van der Waals surface area contributed by atoms with Crippen LogP contribution in [0.5, 0.6) is 5.75 Å². The van der Waals surface area contributed by atoms with E-state index in [0.717, 1.165) is 36.1 Å². The van der Waals surface area contributed by atoms with E-state index in [1.165, 1.54) is 0 Å². The zero-order chi connectivity index (χ0) is 18.6. The van der Waals surface area contributed by atoms with Gasteiger partial charge in [0, 0.05) is 23.4 Å². The van der Waals surface area contributed by atoms with E-state index >= 15 is 0 Å². The fourth-order valence-electron chi connectivity index (χ4n) is 3.65. The van der Waals surface area contributed by atoms with Crippen molar-refractivity contribution in [2.24, 2.45) is 0 Å². The molecule has 1 aliphatic heterocycles. The molecule has 1 N–H and O–H groups in total. The third-order valence-electron chi connectivity index (χ3n) is 5.40. The number of nitrogens with one attached hydrogen (secondary N) is 1. The van der Waals surface area contributed by atoms with Crippen LogP contribution in [0.25, 0.3) is 0 Å². The van der Waals surface area contributed by atoms with E-state index in [-0.39, 0.29) is 17.6 Å². The molecule has 0 spiro atoms. The summed E-state index contributed by atoms with van der Waals surface area (Å²) < 4.78 is 6.31. The first-order valence-electron chi connectivity index (χ1n) is 9.37. The minimum Gasteiger partial charge on any atom is -0.487 e. The number of aryl methyl sites for hydroxylation is 1. The lowest BCUT2D eigenvalue weighted by Crippen LogP contribution is -2.44. The SMILES string of the molecule is CCC1(CC)C[C@H](NC(=O)CCc2ccccc2Cl)c2ccccc2O1. The molecule has 1 heterocycles. The smallest absolute Gasteiger partial charge is 0.220 e. The minimum absolute atomic E-state index is 0.0152. The lowest BCUT2D eigenvalue weighted by molar-refractivity contribution is -0.122. The number of carbonyl (C=O) groups excluding carboxylic acids is 1. The molecule has 0 saturated carbocycles. The summed E-state index contributed by atoms with van der Waals surface area (Å²) in [6.07, 6.45) is 3.71. The van der Waals surface area contributed by atoms with Crippen LogP contribution in [0.2, 0.25) is 5.02 Å². The Morgan fingerprint density at radius 1 is 1.15 bits per heavy atom. The van der Waals surface area contributed by atoms with Crippen LogP contribution in [-0.4, -0.2) is 11.5 Å². The third-order valence-corrected chi connectivity index (χ3v) is 5.77. The van der Waals surface area contributed by atoms with Gasteiger partial charge in [0.05, 0.1) is 6.04 Å². The first-order valence-corrected chi connectivity index (χ1v) is 9.75. The van der Waals surface area contributed by atoms with Gasteiger partial charge in [-0.25, -0.2) is 0 Å². The Morgan fingerprint density at radius 2 is 1.85 bits per heavy atom. The zero-order valence-corrected chi connectivity index (χ0v) is 16.2. The fourth-order valence-corrected chi connectivity index (χ4v) is 3.88. The van der Waals surface area contributed by atoms with Gasteiger partial charge in [0.25, 0.3) is 0 Å². The van der Waals surface area contributed by atoms with E-state index in [0.29, 0.717) is 17.9 Å². The first kappa shape index (κ1) is 18.8. The molecule has 4 heteroatoms. The normalized spacial score (nSPS) is 17.9. The summed E-state index contributed by atoms with van der Waals surface area (Å²) in [6.45, 7) is 4.29. The summed E-state index contributed by atoms with van der Waals surface area (Å²) in [6, 6.07) is 15.7. The molecule has 0 radical (unpaired) electrons. The van der Waals surface area contributed by atoms with Crippen molar-refractivity contribution in [2.75, 3.05) is 0 Å². The molecule has 0 bridgehead atoms. The molecule has 0 saturated heterocycles. The van der Waals surface area contributed by atoms with Crippen molar-refractivity contribution < 1.29 is 9.53 Å². The highest BCUT2D eigenvalue weighted by molar-refractivity contribution is 6.31. The molecule has 3 nitrogen and oxygen atoms in total. The number of ether oxygens (including phenoxy) is 1. The van der Waals surface area contributed by atoms with Gasteiger partial charge in [-0.15, -0.1) is 0 Å². The molecule has 1 aliphatic rings. The van der Waals surface area contributed by atoms with E-state index in [1.54, 1.807) is 0 Å². The van der Waals surface area contributed by atoms with Crippen LogP contribution in [0, 0.1) is 0 Å². The van der Waals surface area contributed by atoms with Gasteiger partial charge < -0.3 is 10.1 Å². The van der Waals surface area contributed by atoms with Gasteiger partial charge in [-0.1, -0.05) is 61.8 Å². The first-order chi connectivity index (χ1) is 12.6. The Morgan fingerprint density at radius 3 is 2.58 bits per heavy atom. The van der Waals surface area contributed by atoms with Gasteiger partial charge in [0.15, 0.2) is 0 Å². The van der Waals surface area contributed by atoms with Crippen molar-refractivity contribution in [3.63, 3.8) is 0 Å². The topological polar surface area (TPSA) is 38.3 Å². The van der Waals surface area contributed by atoms with Crippen LogP contribution in [-0.2, 0) is 11.2 Å². The van der Waals surface area contributed by atoms with Crippen LogP contribution in [0.15, 0.2) is 48.5 Å². The van der Waals surface area contributed by atoms with Crippen molar-refractivity contribution in [1.29, 1.82) is 0 Å². The zero-order valence-electron chi connectivity index (χ0n) is 15.4. The molecule has 2 aromatic carbocycles. The van der Waals surface area contributed by atoms with Gasteiger partial charge in [0.2, 0.25) is 5.91 Å². The summed E-state index contributed by atoms with van der Waals surface area (Å²) in [5.74, 6) is 0.937. The fraction of sp³-hybridized carbons (Fsp3) is 0.409.